The standard InChI is InChI=1S/C31H26ClN5O4/c1-21-5-7-22(8-6-21)13-14-26(38)34-28-29(32)37(31(41)35(2)30(28)40)16-3-4-23-15-17-36(27(39)18-23)20-25-11-9-24(19-33)10-12-25/h5-12,15,17-18H,13-14,16,20H2,1-2H3,(H,34,38). The number of aryl methyl sites for hydroxylation is 2. The Labute approximate surface area is 240 Å². The van der Waals surface area contributed by atoms with Gasteiger partial charge in [0, 0.05) is 31.3 Å². The zero-order chi connectivity index (χ0) is 29.5. The predicted octanol–water partition coefficient (Wildman–Crippen LogP) is 3.21. The highest BCUT2D eigenvalue weighted by atomic mass is 35.5. The van der Waals surface area contributed by atoms with E-state index in [1.165, 1.54) is 17.7 Å². The van der Waals surface area contributed by atoms with Gasteiger partial charge in [0.05, 0.1) is 24.7 Å². The molecule has 0 saturated carbocycles. The summed E-state index contributed by atoms with van der Waals surface area (Å²) >= 11 is 6.39. The van der Waals surface area contributed by atoms with Gasteiger partial charge in [0.25, 0.3) is 11.1 Å². The number of carbonyl (C=O) groups is 1. The summed E-state index contributed by atoms with van der Waals surface area (Å²) < 4.78 is 3.44. The average Bonchev–Trinajstić information content (AvgIpc) is 2.97. The van der Waals surface area contributed by atoms with E-state index in [0.29, 0.717) is 24.1 Å². The number of benzene rings is 2. The van der Waals surface area contributed by atoms with Crippen molar-refractivity contribution in [3.05, 3.63) is 131 Å². The van der Waals surface area contributed by atoms with Gasteiger partial charge in [-0.05, 0) is 42.7 Å². The number of carbonyl (C=O) groups excluding carboxylic acids is 1. The highest BCUT2D eigenvalue weighted by Crippen LogP contribution is 2.16. The van der Waals surface area contributed by atoms with E-state index in [2.05, 4.69) is 23.2 Å². The van der Waals surface area contributed by atoms with Gasteiger partial charge >= 0.3 is 5.69 Å². The monoisotopic (exact) mass is 567 g/mol. The maximum Gasteiger partial charge on any atom is 0.332 e. The highest BCUT2D eigenvalue weighted by Gasteiger charge is 2.18. The number of hydrogen-bond acceptors (Lipinski definition) is 5. The van der Waals surface area contributed by atoms with Gasteiger partial charge in [0.15, 0.2) is 0 Å². The van der Waals surface area contributed by atoms with Crippen LogP contribution in [0.1, 0.15) is 34.2 Å². The summed E-state index contributed by atoms with van der Waals surface area (Å²) in [6.07, 6.45) is 2.21. The van der Waals surface area contributed by atoms with Crippen LogP contribution in [0.25, 0.3) is 0 Å². The van der Waals surface area contributed by atoms with E-state index in [-0.39, 0.29) is 29.4 Å². The summed E-state index contributed by atoms with van der Waals surface area (Å²) in [5.74, 6) is 5.23. The smallest absolute Gasteiger partial charge is 0.319 e. The Balaban J connectivity index is 1.48. The number of rotatable bonds is 7. The lowest BCUT2D eigenvalue weighted by atomic mass is 10.1. The molecule has 9 nitrogen and oxygen atoms in total. The number of halogens is 1. The van der Waals surface area contributed by atoms with E-state index >= 15 is 0 Å². The Morgan fingerprint density at radius 1 is 0.976 bits per heavy atom. The number of hydrogen-bond donors (Lipinski definition) is 1. The van der Waals surface area contributed by atoms with Crippen LogP contribution in [-0.2, 0) is 31.4 Å². The fraction of sp³-hybridized carbons (Fsp3) is 0.194. The normalized spacial score (nSPS) is 10.4. The molecule has 10 heteroatoms. The maximum atomic E-state index is 12.7. The van der Waals surface area contributed by atoms with Gasteiger partial charge in [-0.15, -0.1) is 0 Å². The van der Waals surface area contributed by atoms with Crippen LogP contribution in [0.5, 0.6) is 0 Å². The highest BCUT2D eigenvalue weighted by molar-refractivity contribution is 6.32. The van der Waals surface area contributed by atoms with Gasteiger partial charge in [0.2, 0.25) is 5.91 Å². The number of pyridine rings is 1. The third-order valence-corrected chi connectivity index (χ3v) is 6.80. The molecule has 2 aromatic heterocycles. The Kier molecular flexibility index (Phi) is 9.03. The first-order valence-corrected chi connectivity index (χ1v) is 13.1. The van der Waals surface area contributed by atoms with Crippen LogP contribution in [-0.4, -0.2) is 19.6 Å². The minimum atomic E-state index is -0.723. The number of nitriles is 1. The first kappa shape index (κ1) is 28.9. The van der Waals surface area contributed by atoms with Crippen LogP contribution >= 0.6 is 11.6 Å². The quantitative estimate of drug-likeness (QED) is 0.272. The van der Waals surface area contributed by atoms with E-state index < -0.39 is 17.2 Å². The molecule has 0 spiro atoms. The summed E-state index contributed by atoms with van der Waals surface area (Å²) in [4.78, 5) is 50.6. The Morgan fingerprint density at radius 3 is 2.32 bits per heavy atom. The molecule has 0 aliphatic carbocycles. The number of aromatic nitrogens is 3. The van der Waals surface area contributed by atoms with E-state index in [1.54, 1.807) is 36.5 Å². The fourth-order valence-electron chi connectivity index (χ4n) is 4.02. The van der Waals surface area contributed by atoms with Crippen molar-refractivity contribution in [2.45, 2.75) is 32.9 Å². The molecular formula is C31H26ClN5O4. The summed E-state index contributed by atoms with van der Waals surface area (Å²) in [7, 11) is 1.29. The average molecular weight is 568 g/mol. The van der Waals surface area contributed by atoms with Crippen molar-refractivity contribution in [3.63, 3.8) is 0 Å². The maximum absolute atomic E-state index is 12.7. The van der Waals surface area contributed by atoms with Crippen molar-refractivity contribution in [1.82, 2.24) is 13.7 Å². The molecule has 1 amide bonds. The van der Waals surface area contributed by atoms with Crippen molar-refractivity contribution in [1.29, 1.82) is 5.26 Å². The minimum absolute atomic E-state index is 0.123. The van der Waals surface area contributed by atoms with Crippen molar-refractivity contribution in [3.8, 4) is 17.9 Å². The number of nitrogens with zero attached hydrogens (tertiary/aromatic N) is 4. The van der Waals surface area contributed by atoms with E-state index in [4.69, 9.17) is 16.9 Å². The van der Waals surface area contributed by atoms with Gasteiger partial charge in [-0.3, -0.25) is 23.5 Å². The molecule has 2 heterocycles. The molecule has 0 fully saturated rings. The molecule has 41 heavy (non-hydrogen) atoms. The largest absolute Gasteiger partial charge is 0.332 e. The molecule has 0 radical (unpaired) electrons. The second kappa shape index (κ2) is 12.8. The van der Waals surface area contributed by atoms with Gasteiger partial charge in [-0.2, -0.15) is 5.26 Å². The second-order valence-corrected chi connectivity index (χ2v) is 9.78. The molecule has 0 unspecified atom stereocenters. The first-order chi connectivity index (χ1) is 19.7. The predicted molar refractivity (Wildman–Crippen MR) is 157 cm³/mol. The topological polar surface area (TPSA) is 119 Å². The molecular weight excluding hydrogens is 542 g/mol. The van der Waals surface area contributed by atoms with Crippen LogP contribution in [0, 0.1) is 30.1 Å². The molecule has 0 atom stereocenters. The molecule has 2 aromatic carbocycles. The lowest BCUT2D eigenvalue weighted by Crippen LogP contribution is -2.40. The lowest BCUT2D eigenvalue weighted by molar-refractivity contribution is -0.116. The van der Waals surface area contributed by atoms with Crippen molar-refractivity contribution >= 4 is 23.2 Å². The van der Waals surface area contributed by atoms with Crippen molar-refractivity contribution < 1.29 is 4.79 Å². The molecule has 206 valence electrons. The number of nitrogens with one attached hydrogen (secondary N) is 1. The van der Waals surface area contributed by atoms with Gasteiger partial charge in [-0.1, -0.05) is 65.4 Å². The number of anilines is 1. The van der Waals surface area contributed by atoms with Gasteiger partial charge in [0.1, 0.15) is 10.8 Å². The first-order valence-electron chi connectivity index (χ1n) is 12.7. The SMILES string of the molecule is Cc1ccc(CCC(=O)Nc2c(Cl)n(CC#Cc3ccn(Cc4ccc(C#N)cc4)c(=O)c3)c(=O)n(C)c2=O)cc1. The van der Waals surface area contributed by atoms with Crippen LogP contribution < -0.4 is 22.1 Å². The van der Waals surface area contributed by atoms with Crippen LogP contribution in [0.3, 0.4) is 0 Å². The lowest BCUT2D eigenvalue weighted by Gasteiger charge is -2.13. The molecule has 1 N–H and O–H groups in total. The zero-order valence-electron chi connectivity index (χ0n) is 22.5. The molecule has 0 bridgehead atoms. The van der Waals surface area contributed by atoms with Crippen molar-refractivity contribution in [2.24, 2.45) is 7.05 Å². The molecule has 4 aromatic rings. The Bertz CT molecular complexity index is 1880. The summed E-state index contributed by atoms with van der Waals surface area (Å²) in [5.41, 5.74) is 2.05. The van der Waals surface area contributed by atoms with Crippen molar-refractivity contribution in [2.75, 3.05) is 5.32 Å². The minimum Gasteiger partial charge on any atom is -0.319 e. The second-order valence-electron chi connectivity index (χ2n) is 9.42. The van der Waals surface area contributed by atoms with Crippen LogP contribution in [0.4, 0.5) is 5.69 Å². The van der Waals surface area contributed by atoms with Gasteiger partial charge in [-0.25, -0.2) is 4.79 Å². The molecule has 4 rings (SSSR count). The van der Waals surface area contributed by atoms with Crippen LogP contribution in [0.2, 0.25) is 5.15 Å². The summed E-state index contributed by atoms with van der Waals surface area (Å²) in [6.45, 7) is 2.14. The zero-order valence-corrected chi connectivity index (χ0v) is 23.2. The fourth-order valence-corrected chi connectivity index (χ4v) is 4.28. The molecule has 0 aliphatic rings. The Morgan fingerprint density at radius 2 is 1.66 bits per heavy atom. The summed E-state index contributed by atoms with van der Waals surface area (Å²) in [5, 5.41) is 11.2. The van der Waals surface area contributed by atoms with E-state index in [1.807, 2.05) is 31.2 Å². The Hall–Kier alpha value is -5.12. The third kappa shape index (κ3) is 7.10. The number of amides is 1. The van der Waals surface area contributed by atoms with E-state index in [0.717, 1.165) is 25.8 Å². The molecule has 0 saturated heterocycles. The van der Waals surface area contributed by atoms with Gasteiger partial charge < -0.3 is 9.88 Å². The summed E-state index contributed by atoms with van der Waals surface area (Å²) in [6, 6.07) is 19.8. The van der Waals surface area contributed by atoms with Crippen LogP contribution in [0.15, 0.2) is 81.2 Å². The molecule has 0 aliphatic heterocycles. The third-order valence-electron chi connectivity index (χ3n) is 6.41. The van der Waals surface area contributed by atoms with E-state index in [9.17, 15) is 19.2 Å².